The number of benzene rings is 1. The second kappa shape index (κ2) is 6.61. The molecule has 1 amide bonds. The van der Waals surface area contributed by atoms with E-state index in [9.17, 15) is 9.18 Å². The predicted molar refractivity (Wildman–Crippen MR) is 78.8 cm³/mol. The SMILES string of the molecule is CCN(Cc1ccccn1)C(=O)c1cccc(F)c1Br. The van der Waals surface area contributed by atoms with E-state index in [0.717, 1.165) is 5.69 Å². The average Bonchev–Trinajstić information content (AvgIpc) is 2.48. The Kier molecular flexibility index (Phi) is 4.84. The average molecular weight is 337 g/mol. The van der Waals surface area contributed by atoms with Crippen LogP contribution in [0.25, 0.3) is 0 Å². The van der Waals surface area contributed by atoms with Crippen LogP contribution < -0.4 is 0 Å². The van der Waals surface area contributed by atoms with E-state index in [1.807, 2.05) is 25.1 Å². The van der Waals surface area contributed by atoms with Crippen molar-refractivity contribution in [3.05, 3.63) is 64.1 Å². The summed E-state index contributed by atoms with van der Waals surface area (Å²) in [6.07, 6.45) is 1.69. The Morgan fingerprint density at radius 1 is 1.30 bits per heavy atom. The van der Waals surface area contributed by atoms with E-state index in [2.05, 4.69) is 20.9 Å². The largest absolute Gasteiger partial charge is 0.333 e. The highest BCUT2D eigenvalue weighted by Gasteiger charge is 2.19. The van der Waals surface area contributed by atoms with Crippen molar-refractivity contribution in [2.75, 3.05) is 6.54 Å². The maximum Gasteiger partial charge on any atom is 0.255 e. The Labute approximate surface area is 125 Å². The third-order valence-electron chi connectivity index (χ3n) is 2.93. The van der Waals surface area contributed by atoms with Gasteiger partial charge in [0.05, 0.1) is 22.3 Å². The molecule has 3 nitrogen and oxygen atoms in total. The quantitative estimate of drug-likeness (QED) is 0.853. The maximum atomic E-state index is 13.5. The first-order valence-corrected chi connectivity index (χ1v) is 7.06. The number of rotatable bonds is 4. The van der Waals surface area contributed by atoms with Crippen molar-refractivity contribution in [3.63, 3.8) is 0 Å². The molecule has 1 aromatic heterocycles. The topological polar surface area (TPSA) is 33.2 Å². The van der Waals surface area contributed by atoms with Crippen LogP contribution in [0.1, 0.15) is 23.0 Å². The lowest BCUT2D eigenvalue weighted by atomic mass is 10.2. The first kappa shape index (κ1) is 14.7. The zero-order chi connectivity index (χ0) is 14.5. The van der Waals surface area contributed by atoms with Crippen molar-refractivity contribution in [3.8, 4) is 0 Å². The summed E-state index contributed by atoms with van der Waals surface area (Å²) >= 11 is 3.13. The van der Waals surface area contributed by atoms with Gasteiger partial charge in [-0.2, -0.15) is 0 Å². The zero-order valence-corrected chi connectivity index (χ0v) is 12.6. The lowest BCUT2D eigenvalue weighted by molar-refractivity contribution is 0.0749. The molecule has 0 aliphatic carbocycles. The first-order valence-electron chi connectivity index (χ1n) is 6.26. The fraction of sp³-hybridized carbons (Fsp3) is 0.200. The van der Waals surface area contributed by atoms with Gasteiger partial charge in [-0.1, -0.05) is 12.1 Å². The molecule has 1 heterocycles. The molecule has 0 unspecified atom stereocenters. The van der Waals surface area contributed by atoms with Crippen LogP contribution in [0.2, 0.25) is 0 Å². The highest BCUT2D eigenvalue weighted by molar-refractivity contribution is 9.10. The number of nitrogens with zero attached hydrogens (tertiary/aromatic N) is 2. The van der Waals surface area contributed by atoms with Crippen LogP contribution in [-0.2, 0) is 6.54 Å². The second-order valence-corrected chi connectivity index (χ2v) is 5.03. The molecule has 20 heavy (non-hydrogen) atoms. The molecule has 0 aliphatic heterocycles. The van der Waals surface area contributed by atoms with Gasteiger partial charge < -0.3 is 4.90 Å². The summed E-state index contributed by atoms with van der Waals surface area (Å²) in [6.45, 7) is 2.81. The summed E-state index contributed by atoms with van der Waals surface area (Å²) in [5.41, 5.74) is 1.12. The molecule has 5 heteroatoms. The minimum absolute atomic E-state index is 0.199. The first-order chi connectivity index (χ1) is 9.63. The molecule has 0 atom stereocenters. The van der Waals surface area contributed by atoms with Crippen LogP contribution in [0.5, 0.6) is 0 Å². The van der Waals surface area contributed by atoms with Crippen molar-refractivity contribution in [2.24, 2.45) is 0 Å². The van der Waals surface area contributed by atoms with E-state index < -0.39 is 5.82 Å². The maximum absolute atomic E-state index is 13.5. The molecule has 0 N–H and O–H groups in total. The fourth-order valence-electron chi connectivity index (χ4n) is 1.85. The van der Waals surface area contributed by atoms with Gasteiger partial charge in [-0.3, -0.25) is 9.78 Å². The third kappa shape index (κ3) is 3.22. The van der Waals surface area contributed by atoms with Crippen LogP contribution in [0.4, 0.5) is 4.39 Å². The van der Waals surface area contributed by atoms with Crippen molar-refractivity contribution in [1.82, 2.24) is 9.88 Å². The smallest absolute Gasteiger partial charge is 0.255 e. The molecule has 2 rings (SSSR count). The molecule has 104 valence electrons. The van der Waals surface area contributed by atoms with Crippen LogP contribution in [-0.4, -0.2) is 22.3 Å². The number of pyridine rings is 1. The van der Waals surface area contributed by atoms with Gasteiger partial charge in [0.15, 0.2) is 0 Å². The number of halogens is 2. The number of carbonyl (C=O) groups excluding carboxylic acids is 1. The normalized spacial score (nSPS) is 10.3. The molecule has 0 radical (unpaired) electrons. The minimum Gasteiger partial charge on any atom is -0.333 e. The lowest BCUT2D eigenvalue weighted by Gasteiger charge is -2.21. The molecular weight excluding hydrogens is 323 g/mol. The van der Waals surface area contributed by atoms with Gasteiger partial charge in [0, 0.05) is 12.7 Å². The number of hydrogen-bond acceptors (Lipinski definition) is 2. The van der Waals surface area contributed by atoms with Gasteiger partial charge in [0.1, 0.15) is 5.82 Å². The van der Waals surface area contributed by atoms with Gasteiger partial charge in [-0.15, -0.1) is 0 Å². The highest BCUT2D eigenvalue weighted by Crippen LogP contribution is 2.22. The van der Waals surface area contributed by atoms with Gasteiger partial charge in [0.25, 0.3) is 5.91 Å². The molecule has 0 fully saturated rings. The zero-order valence-electron chi connectivity index (χ0n) is 11.0. The Hall–Kier alpha value is -1.75. The van der Waals surface area contributed by atoms with E-state index in [1.54, 1.807) is 17.2 Å². The van der Waals surface area contributed by atoms with Gasteiger partial charge in [-0.05, 0) is 47.1 Å². The molecule has 0 spiro atoms. The molecule has 1 aromatic carbocycles. The minimum atomic E-state index is -0.440. The summed E-state index contributed by atoms with van der Waals surface area (Å²) < 4.78 is 13.7. The summed E-state index contributed by atoms with van der Waals surface area (Å²) in [5.74, 6) is -0.658. The van der Waals surface area contributed by atoms with Crippen molar-refractivity contribution in [2.45, 2.75) is 13.5 Å². The number of aromatic nitrogens is 1. The third-order valence-corrected chi connectivity index (χ3v) is 3.74. The molecule has 0 saturated heterocycles. The summed E-state index contributed by atoms with van der Waals surface area (Å²) in [6, 6.07) is 10.0. The van der Waals surface area contributed by atoms with E-state index >= 15 is 0 Å². The predicted octanol–water partition coefficient (Wildman–Crippen LogP) is 3.65. The van der Waals surface area contributed by atoms with E-state index in [-0.39, 0.29) is 10.4 Å². The summed E-state index contributed by atoms with van der Waals surface area (Å²) in [7, 11) is 0. The van der Waals surface area contributed by atoms with Crippen LogP contribution in [0.15, 0.2) is 47.1 Å². The standard InChI is InChI=1S/C15H14BrFN2O/c1-2-19(10-11-6-3-4-9-18-11)15(20)12-7-5-8-13(17)14(12)16/h3-9H,2,10H2,1H3. The molecule has 0 saturated carbocycles. The molecule has 2 aromatic rings. The Morgan fingerprint density at radius 2 is 2.10 bits per heavy atom. The van der Waals surface area contributed by atoms with Crippen molar-refractivity contribution >= 4 is 21.8 Å². The second-order valence-electron chi connectivity index (χ2n) is 4.24. The van der Waals surface area contributed by atoms with Crippen LogP contribution >= 0.6 is 15.9 Å². The number of carbonyl (C=O) groups is 1. The van der Waals surface area contributed by atoms with E-state index in [0.29, 0.717) is 18.7 Å². The fourth-order valence-corrected chi connectivity index (χ4v) is 2.29. The summed E-state index contributed by atoms with van der Waals surface area (Å²) in [5, 5.41) is 0. The van der Waals surface area contributed by atoms with Gasteiger partial charge >= 0.3 is 0 Å². The van der Waals surface area contributed by atoms with Crippen molar-refractivity contribution < 1.29 is 9.18 Å². The number of hydrogen-bond donors (Lipinski definition) is 0. The lowest BCUT2D eigenvalue weighted by Crippen LogP contribution is -2.31. The summed E-state index contributed by atoms with van der Waals surface area (Å²) in [4.78, 5) is 18.3. The Balaban J connectivity index is 2.23. The monoisotopic (exact) mass is 336 g/mol. The highest BCUT2D eigenvalue weighted by atomic mass is 79.9. The van der Waals surface area contributed by atoms with Gasteiger partial charge in [0.2, 0.25) is 0 Å². The van der Waals surface area contributed by atoms with Crippen LogP contribution in [0, 0.1) is 5.82 Å². The van der Waals surface area contributed by atoms with E-state index in [1.165, 1.54) is 12.1 Å². The van der Waals surface area contributed by atoms with Crippen molar-refractivity contribution in [1.29, 1.82) is 0 Å². The van der Waals surface area contributed by atoms with Crippen LogP contribution in [0.3, 0.4) is 0 Å². The van der Waals surface area contributed by atoms with Gasteiger partial charge in [-0.25, -0.2) is 4.39 Å². The van der Waals surface area contributed by atoms with E-state index in [4.69, 9.17) is 0 Å². The number of amides is 1. The Bertz CT molecular complexity index is 604. The molecule has 0 bridgehead atoms. The Morgan fingerprint density at radius 3 is 2.75 bits per heavy atom. The molecular formula is C15H14BrFN2O. The molecule has 0 aliphatic rings.